The Morgan fingerprint density at radius 3 is 2.37 bits per heavy atom. The van der Waals surface area contributed by atoms with Crippen molar-refractivity contribution in [1.82, 2.24) is 10.2 Å². The second-order valence-corrected chi connectivity index (χ2v) is 6.18. The van der Waals surface area contributed by atoms with Gasteiger partial charge < -0.3 is 15.3 Å². The molecule has 0 spiro atoms. The molecule has 2 aromatic rings. The lowest BCUT2D eigenvalue weighted by atomic mass is 10.0. The van der Waals surface area contributed by atoms with Gasteiger partial charge in [-0.3, -0.25) is 9.59 Å². The van der Waals surface area contributed by atoms with Crippen molar-refractivity contribution in [2.24, 2.45) is 0 Å². The number of rotatable bonds is 9. The number of nitrogens with one attached hydrogen (secondary N) is 1. The number of hydrogen-bond acceptors (Lipinski definition) is 3. The van der Waals surface area contributed by atoms with E-state index in [1.54, 1.807) is 31.2 Å². The van der Waals surface area contributed by atoms with Crippen LogP contribution in [-0.4, -0.2) is 35.0 Å². The third-order valence-electron chi connectivity index (χ3n) is 4.20. The van der Waals surface area contributed by atoms with Crippen molar-refractivity contribution in [3.05, 3.63) is 71.5 Å². The van der Waals surface area contributed by atoms with Crippen LogP contribution in [0.25, 0.3) is 0 Å². The van der Waals surface area contributed by atoms with E-state index >= 15 is 0 Å². The number of halogens is 1. The molecule has 2 amide bonds. The number of aliphatic hydroxyl groups excluding tert-OH is 1. The molecule has 2 rings (SSSR count). The maximum atomic E-state index is 13.2. The van der Waals surface area contributed by atoms with Crippen LogP contribution in [0.15, 0.2) is 54.6 Å². The van der Waals surface area contributed by atoms with Crippen LogP contribution >= 0.6 is 0 Å². The van der Waals surface area contributed by atoms with Crippen molar-refractivity contribution >= 4 is 11.8 Å². The minimum atomic E-state index is -0.803. The van der Waals surface area contributed by atoms with Gasteiger partial charge in [0.1, 0.15) is 11.9 Å². The van der Waals surface area contributed by atoms with Crippen molar-refractivity contribution < 1.29 is 19.1 Å². The predicted octanol–water partition coefficient (Wildman–Crippen LogP) is 2.80. The summed E-state index contributed by atoms with van der Waals surface area (Å²) in [4.78, 5) is 27.1. The monoisotopic (exact) mass is 372 g/mol. The summed E-state index contributed by atoms with van der Waals surface area (Å²) in [7, 11) is 0. The molecule has 1 atom stereocenters. The molecule has 0 aliphatic rings. The molecule has 2 aromatic carbocycles. The van der Waals surface area contributed by atoms with E-state index in [-0.39, 0.29) is 37.2 Å². The second kappa shape index (κ2) is 10.4. The first kappa shape index (κ1) is 20.6. The Balaban J connectivity index is 2.35. The van der Waals surface area contributed by atoms with Crippen LogP contribution in [0.3, 0.4) is 0 Å². The maximum absolute atomic E-state index is 13.2. The highest BCUT2D eigenvalue weighted by Crippen LogP contribution is 2.24. The molecule has 0 aliphatic heterocycles. The van der Waals surface area contributed by atoms with Gasteiger partial charge in [-0.15, -0.1) is 0 Å². The van der Waals surface area contributed by atoms with E-state index in [1.165, 1.54) is 17.0 Å². The molecule has 27 heavy (non-hydrogen) atoms. The number of nitrogens with zero attached hydrogens (tertiary/aromatic N) is 1. The van der Waals surface area contributed by atoms with Crippen LogP contribution in [0.1, 0.15) is 36.9 Å². The standard InChI is InChI=1S/C21H25FN2O3/c1-2-19(26)24(15-16-9-11-18(22)12-10-16)20(17-7-4-3-5-8-17)21(27)23-13-6-14-25/h3-5,7-12,20,25H,2,6,13-15H2,1H3,(H,23,27)/t20-/m0/s1. The molecule has 0 unspecified atom stereocenters. The summed E-state index contributed by atoms with van der Waals surface area (Å²) < 4.78 is 13.2. The van der Waals surface area contributed by atoms with Gasteiger partial charge in [-0.05, 0) is 29.7 Å². The summed E-state index contributed by atoms with van der Waals surface area (Å²) in [6.45, 7) is 2.23. The highest BCUT2D eigenvalue weighted by Gasteiger charge is 2.30. The zero-order chi connectivity index (χ0) is 19.6. The third-order valence-corrected chi connectivity index (χ3v) is 4.20. The fourth-order valence-corrected chi connectivity index (χ4v) is 2.81. The molecule has 6 heteroatoms. The smallest absolute Gasteiger partial charge is 0.247 e. The first-order chi connectivity index (χ1) is 13.1. The highest BCUT2D eigenvalue weighted by molar-refractivity contribution is 5.88. The van der Waals surface area contributed by atoms with Crippen LogP contribution in [0.4, 0.5) is 4.39 Å². The Kier molecular flexibility index (Phi) is 7.95. The lowest BCUT2D eigenvalue weighted by Crippen LogP contribution is -2.43. The molecular weight excluding hydrogens is 347 g/mol. The van der Waals surface area contributed by atoms with Crippen molar-refractivity contribution in [2.45, 2.75) is 32.4 Å². The van der Waals surface area contributed by atoms with Crippen LogP contribution < -0.4 is 5.32 Å². The second-order valence-electron chi connectivity index (χ2n) is 6.18. The minimum Gasteiger partial charge on any atom is -0.396 e. The maximum Gasteiger partial charge on any atom is 0.247 e. The van der Waals surface area contributed by atoms with E-state index in [9.17, 15) is 14.0 Å². The lowest BCUT2D eigenvalue weighted by molar-refractivity contribution is -0.141. The molecule has 0 bridgehead atoms. The lowest BCUT2D eigenvalue weighted by Gasteiger charge is -2.31. The van der Waals surface area contributed by atoms with Crippen LogP contribution in [-0.2, 0) is 16.1 Å². The largest absolute Gasteiger partial charge is 0.396 e. The summed E-state index contributed by atoms with van der Waals surface area (Å²) in [5.41, 5.74) is 1.44. The first-order valence-electron chi connectivity index (χ1n) is 9.04. The molecule has 0 aliphatic carbocycles. The number of hydrogen-bond donors (Lipinski definition) is 2. The van der Waals surface area contributed by atoms with Crippen LogP contribution in [0.5, 0.6) is 0 Å². The van der Waals surface area contributed by atoms with Crippen LogP contribution in [0, 0.1) is 5.82 Å². The van der Waals surface area contributed by atoms with E-state index in [2.05, 4.69) is 5.32 Å². The minimum absolute atomic E-state index is 0.0243. The zero-order valence-electron chi connectivity index (χ0n) is 15.4. The fraction of sp³-hybridized carbons (Fsp3) is 0.333. The SMILES string of the molecule is CCC(=O)N(Cc1ccc(F)cc1)[C@H](C(=O)NCCCO)c1ccccc1. The van der Waals surface area contributed by atoms with Crippen molar-refractivity contribution in [2.75, 3.05) is 13.2 Å². The molecule has 0 aromatic heterocycles. The number of benzene rings is 2. The Morgan fingerprint density at radius 2 is 1.78 bits per heavy atom. The highest BCUT2D eigenvalue weighted by atomic mass is 19.1. The summed E-state index contributed by atoms with van der Waals surface area (Å²) >= 11 is 0. The van der Waals surface area contributed by atoms with Crippen molar-refractivity contribution in [3.63, 3.8) is 0 Å². The van der Waals surface area contributed by atoms with Gasteiger partial charge in [0.2, 0.25) is 11.8 Å². The molecule has 0 saturated carbocycles. The average Bonchev–Trinajstić information content (AvgIpc) is 2.69. The third kappa shape index (κ3) is 5.89. The van der Waals surface area contributed by atoms with Crippen LogP contribution in [0.2, 0.25) is 0 Å². The van der Waals surface area contributed by atoms with Crippen molar-refractivity contribution in [1.29, 1.82) is 0 Å². The normalized spacial score (nSPS) is 11.7. The van der Waals surface area contributed by atoms with Gasteiger partial charge in [0.05, 0.1) is 0 Å². The number of carbonyl (C=O) groups excluding carboxylic acids is 2. The Bertz CT molecular complexity index is 735. The topological polar surface area (TPSA) is 69.6 Å². The molecule has 0 heterocycles. The summed E-state index contributed by atoms with van der Waals surface area (Å²) in [6.07, 6.45) is 0.682. The zero-order valence-corrected chi connectivity index (χ0v) is 15.4. The Hall–Kier alpha value is -2.73. The Morgan fingerprint density at radius 1 is 1.11 bits per heavy atom. The van der Waals surface area contributed by atoms with Gasteiger partial charge >= 0.3 is 0 Å². The number of aliphatic hydroxyl groups is 1. The predicted molar refractivity (Wildman–Crippen MR) is 101 cm³/mol. The van der Waals surface area contributed by atoms with Gasteiger partial charge in [-0.2, -0.15) is 0 Å². The molecule has 2 N–H and O–H groups in total. The fourth-order valence-electron chi connectivity index (χ4n) is 2.81. The van der Waals surface area contributed by atoms with Gasteiger partial charge in [0, 0.05) is 26.1 Å². The number of amides is 2. The van der Waals surface area contributed by atoms with E-state index < -0.39 is 6.04 Å². The number of carbonyl (C=O) groups is 2. The average molecular weight is 372 g/mol. The first-order valence-corrected chi connectivity index (χ1v) is 9.04. The van der Waals surface area contributed by atoms with E-state index in [1.807, 2.05) is 18.2 Å². The molecule has 0 saturated heterocycles. The van der Waals surface area contributed by atoms with Gasteiger partial charge in [0.15, 0.2) is 0 Å². The summed E-state index contributed by atoms with van der Waals surface area (Å²) in [6, 6.07) is 14.2. The van der Waals surface area contributed by atoms with E-state index in [4.69, 9.17) is 5.11 Å². The van der Waals surface area contributed by atoms with Gasteiger partial charge in [0.25, 0.3) is 0 Å². The van der Waals surface area contributed by atoms with Crippen molar-refractivity contribution in [3.8, 4) is 0 Å². The van der Waals surface area contributed by atoms with Gasteiger partial charge in [-0.25, -0.2) is 4.39 Å². The van der Waals surface area contributed by atoms with E-state index in [0.717, 1.165) is 5.56 Å². The summed E-state index contributed by atoms with van der Waals surface area (Å²) in [5.74, 6) is -0.836. The summed E-state index contributed by atoms with van der Waals surface area (Å²) in [5, 5.41) is 11.7. The molecule has 0 fully saturated rings. The molecular formula is C21H25FN2O3. The molecule has 0 radical (unpaired) electrons. The molecule has 144 valence electrons. The quantitative estimate of drug-likeness (QED) is 0.665. The van der Waals surface area contributed by atoms with E-state index in [0.29, 0.717) is 18.5 Å². The Labute approximate surface area is 158 Å². The van der Waals surface area contributed by atoms with Gasteiger partial charge in [-0.1, -0.05) is 49.4 Å². The molecule has 5 nitrogen and oxygen atoms in total.